The number of aryl methyl sites for hydroxylation is 1. The highest BCUT2D eigenvalue weighted by atomic mass is 19.4. The third-order valence-corrected chi connectivity index (χ3v) is 3.66. The first-order valence-corrected chi connectivity index (χ1v) is 7.39. The maximum Gasteiger partial charge on any atom is 0.389 e. The van der Waals surface area contributed by atoms with E-state index in [1.807, 2.05) is 34.4 Å². The Hall–Kier alpha value is -1.96. The van der Waals surface area contributed by atoms with Gasteiger partial charge in [-0.05, 0) is 20.2 Å². The molecule has 2 aromatic rings. The molecule has 0 aliphatic carbocycles. The Morgan fingerprint density at radius 2 is 2.09 bits per heavy atom. The molecule has 0 fully saturated rings. The molecule has 2 heterocycles. The second-order valence-corrected chi connectivity index (χ2v) is 5.64. The maximum absolute atomic E-state index is 12.5. The second kappa shape index (κ2) is 6.66. The van der Waals surface area contributed by atoms with Gasteiger partial charge in [-0.2, -0.15) is 13.2 Å². The van der Waals surface area contributed by atoms with Crippen molar-refractivity contribution in [1.29, 1.82) is 0 Å². The van der Waals surface area contributed by atoms with E-state index in [0.717, 1.165) is 12.1 Å². The highest BCUT2D eigenvalue weighted by molar-refractivity contribution is 5.81. The van der Waals surface area contributed by atoms with E-state index in [1.165, 1.54) is 0 Å². The van der Waals surface area contributed by atoms with Crippen molar-refractivity contribution < 1.29 is 13.2 Å². The van der Waals surface area contributed by atoms with Crippen LogP contribution < -0.4 is 5.32 Å². The molecule has 0 aromatic carbocycles. The largest absolute Gasteiger partial charge is 0.389 e. The average molecular weight is 329 g/mol. The van der Waals surface area contributed by atoms with Gasteiger partial charge in [0.05, 0.1) is 17.9 Å². The number of halogens is 3. The lowest BCUT2D eigenvalue weighted by Crippen LogP contribution is -2.27. The second-order valence-electron chi connectivity index (χ2n) is 5.64. The molecule has 8 heteroatoms. The van der Waals surface area contributed by atoms with Crippen molar-refractivity contribution in [2.75, 3.05) is 33.0 Å². The van der Waals surface area contributed by atoms with Gasteiger partial charge in [-0.3, -0.25) is 9.36 Å². The van der Waals surface area contributed by atoms with E-state index in [0.29, 0.717) is 23.6 Å². The van der Waals surface area contributed by atoms with Crippen LogP contribution in [0.25, 0.3) is 17.4 Å². The van der Waals surface area contributed by atoms with Gasteiger partial charge in [-0.25, -0.2) is 4.98 Å². The maximum atomic E-state index is 12.5. The lowest BCUT2D eigenvalue weighted by molar-refractivity contribution is -0.134. The predicted octanol–water partition coefficient (Wildman–Crippen LogP) is 3.04. The molecule has 0 aliphatic heterocycles. The van der Waals surface area contributed by atoms with Crippen LogP contribution in [0.2, 0.25) is 0 Å². The summed E-state index contributed by atoms with van der Waals surface area (Å²) in [5, 5.41) is 2.93. The van der Waals surface area contributed by atoms with Gasteiger partial charge in [-0.15, -0.1) is 0 Å². The number of nitrogens with one attached hydrogen (secondary N) is 1. The van der Waals surface area contributed by atoms with Crippen molar-refractivity contribution in [1.82, 2.24) is 19.2 Å². The molecule has 0 unspecified atom stereocenters. The summed E-state index contributed by atoms with van der Waals surface area (Å²) in [6.07, 6.45) is -3.53. The van der Waals surface area contributed by atoms with Crippen LogP contribution in [-0.4, -0.2) is 53.1 Å². The number of rotatable bonds is 7. The molecular weight excluding hydrogens is 307 g/mol. The molecule has 128 valence electrons. The Bertz CT molecular complexity index is 681. The van der Waals surface area contributed by atoms with E-state index in [-0.39, 0.29) is 6.42 Å². The van der Waals surface area contributed by atoms with E-state index in [4.69, 9.17) is 0 Å². The quantitative estimate of drug-likeness (QED) is 0.848. The van der Waals surface area contributed by atoms with Crippen LogP contribution in [0, 0.1) is 0 Å². The van der Waals surface area contributed by atoms with Crippen molar-refractivity contribution in [3.63, 3.8) is 0 Å². The first-order chi connectivity index (χ1) is 10.8. The van der Waals surface area contributed by atoms with Gasteiger partial charge in [0.25, 0.3) is 0 Å². The van der Waals surface area contributed by atoms with Gasteiger partial charge in [-0.1, -0.05) is 6.58 Å². The summed E-state index contributed by atoms with van der Waals surface area (Å²) < 4.78 is 41.2. The third kappa shape index (κ3) is 3.87. The van der Waals surface area contributed by atoms with Crippen LogP contribution in [0.4, 0.5) is 18.9 Å². The number of alkyl halides is 3. The Morgan fingerprint density at radius 3 is 2.61 bits per heavy atom. The van der Waals surface area contributed by atoms with Gasteiger partial charge >= 0.3 is 6.18 Å². The molecule has 2 aromatic heterocycles. The molecule has 0 radical (unpaired) electrons. The number of likely N-dealkylation sites (N-methyl/N-ethyl adjacent to an activating group) is 1. The van der Waals surface area contributed by atoms with Crippen molar-refractivity contribution >= 4 is 23.1 Å². The molecule has 0 saturated heterocycles. The number of aromatic nitrogens is 3. The number of hydrogen-bond acceptors (Lipinski definition) is 3. The fraction of sp³-hybridized carbons (Fsp3) is 0.533. The van der Waals surface area contributed by atoms with Crippen LogP contribution in [0.5, 0.6) is 0 Å². The highest BCUT2D eigenvalue weighted by Gasteiger charge is 2.28. The van der Waals surface area contributed by atoms with E-state index >= 15 is 0 Å². The average Bonchev–Trinajstić information content (AvgIpc) is 2.45. The van der Waals surface area contributed by atoms with Gasteiger partial charge in [0.1, 0.15) is 5.52 Å². The van der Waals surface area contributed by atoms with Crippen LogP contribution in [-0.2, 0) is 13.0 Å². The minimum Gasteiger partial charge on any atom is -0.387 e. The molecule has 23 heavy (non-hydrogen) atoms. The zero-order valence-electron chi connectivity index (χ0n) is 13.6. The summed E-state index contributed by atoms with van der Waals surface area (Å²) in [7, 11) is 5.61. The Morgan fingerprint density at radius 1 is 1.39 bits per heavy atom. The van der Waals surface area contributed by atoms with Gasteiger partial charge in [0.2, 0.25) is 0 Å². The van der Waals surface area contributed by atoms with E-state index in [9.17, 15) is 13.2 Å². The van der Waals surface area contributed by atoms with Gasteiger partial charge in [0.15, 0.2) is 5.65 Å². The van der Waals surface area contributed by atoms with Gasteiger partial charge in [0, 0.05) is 32.6 Å². The van der Waals surface area contributed by atoms with Crippen molar-refractivity contribution in [3.05, 3.63) is 18.3 Å². The minimum absolute atomic E-state index is 0.136. The van der Waals surface area contributed by atoms with E-state index in [1.54, 1.807) is 13.2 Å². The summed E-state index contributed by atoms with van der Waals surface area (Å²) in [5.41, 5.74) is 2.59. The van der Waals surface area contributed by atoms with Crippen LogP contribution in [0.15, 0.2) is 12.6 Å². The normalized spacial score (nSPS) is 12.3. The summed E-state index contributed by atoms with van der Waals surface area (Å²) in [6, 6.07) is 1.82. The van der Waals surface area contributed by atoms with Gasteiger partial charge < -0.3 is 10.2 Å². The number of pyridine rings is 1. The lowest BCUT2D eigenvalue weighted by atomic mass is 10.1. The lowest BCUT2D eigenvalue weighted by Gasteiger charge is -2.26. The summed E-state index contributed by atoms with van der Waals surface area (Å²) in [5.74, 6) is 0. The Balaban J connectivity index is 2.36. The number of anilines is 1. The molecular formula is C15H22F3N5. The van der Waals surface area contributed by atoms with Crippen molar-refractivity contribution in [2.24, 2.45) is 0 Å². The molecule has 0 atom stereocenters. The van der Waals surface area contributed by atoms with Crippen LogP contribution >= 0.6 is 0 Å². The van der Waals surface area contributed by atoms with E-state index < -0.39 is 12.6 Å². The summed E-state index contributed by atoms with van der Waals surface area (Å²) in [4.78, 5) is 6.48. The van der Waals surface area contributed by atoms with Crippen molar-refractivity contribution in [3.8, 4) is 0 Å². The fourth-order valence-electron chi connectivity index (χ4n) is 2.45. The molecule has 0 aliphatic rings. The molecule has 0 spiro atoms. The molecule has 1 N–H and O–H groups in total. The van der Waals surface area contributed by atoms with Crippen molar-refractivity contribution in [2.45, 2.75) is 25.6 Å². The number of nitrogens with zero attached hydrogens (tertiary/aromatic N) is 4. The Labute approximate surface area is 133 Å². The molecule has 0 bridgehead atoms. The number of fused-ring (bicyclic) bond motifs is 1. The smallest absolute Gasteiger partial charge is 0.387 e. The molecule has 5 nitrogen and oxygen atoms in total. The SMILES string of the molecule is C=Cn1c2cc(NC)c(CCC(F)(F)F)nc2n1CCN(C)C. The fourth-order valence-corrected chi connectivity index (χ4v) is 2.45. The zero-order valence-corrected chi connectivity index (χ0v) is 13.6. The topological polar surface area (TPSA) is 38.0 Å². The highest BCUT2D eigenvalue weighted by Crippen LogP contribution is 2.28. The number of hydrogen-bond donors (Lipinski definition) is 1. The van der Waals surface area contributed by atoms with E-state index in [2.05, 4.69) is 16.9 Å². The first kappa shape index (κ1) is 17.4. The standard InChI is InChI=1S/C15H22F3N5/c1-5-22-13-10-12(19-2)11(6-7-15(16,17)18)20-14(13)23(22)9-8-21(3)4/h5,10,19H,1,6-9H2,2-4H3. The predicted molar refractivity (Wildman–Crippen MR) is 86.6 cm³/mol. The van der Waals surface area contributed by atoms with Crippen LogP contribution in [0.1, 0.15) is 12.1 Å². The van der Waals surface area contributed by atoms with Crippen LogP contribution in [0.3, 0.4) is 0 Å². The first-order valence-electron chi connectivity index (χ1n) is 7.39. The molecule has 0 saturated carbocycles. The Kier molecular flexibility index (Phi) is 5.03. The third-order valence-electron chi connectivity index (χ3n) is 3.66. The molecule has 0 amide bonds. The zero-order chi connectivity index (χ0) is 17.2. The molecule has 2 rings (SSSR count). The monoisotopic (exact) mass is 329 g/mol. The summed E-state index contributed by atoms with van der Waals surface area (Å²) >= 11 is 0. The summed E-state index contributed by atoms with van der Waals surface area (Å²) in [6.45, 7) is 5.27. The minimum atomic E-state index is -4.19.